The zero-order valence-electron chi connectivity index (χ0n) is 34.0. The zero-order chi connectivity index (χ0) is 45.0. The van der Waals surface area contributed by atoms with Gasteiger partial charge in [-0.2, -0.15) is 36.5 Å². The van der Waals surface area contributed by atoms with Gasteiger partial charge in [0.2, 0.25) is 0 Å². The summed E-state index contributed by atoms with van der Waals surface area (Å²) in [5, 5.41) is 21.2. The van der Waals surface area contributed by atoms with E-state index in [1.165, 1.54) is 46.3 Å². The van der Waals surface area contributed by atoms with Crippen molar-refractivity contribution in [1.82, 2.24) is 54.8 Å². The number of carboxylic acid groups (broad SMARTS) is 1. The number of hydrogen-bond acceptors (Lipinski definition) is 9. The number of aromatic amines is 2. The molecule has 0 bridgehead atoms. The summed E-state index contributed by atoms with van der Waals surface area (Å²) in [5.74, 6) is -1.52. The lowest BCUT2D eigenvalue weighted by Crippen LogP contribution is -2.40. The van der Waals surface area contributed by atoms with Crippen molar-refractivity contribution < 1.29 is 41.0 Å². The molecule has 1 amide bonds. The van der Waals surface area contributed by atoms with Crippen LogP contribution in [0, 0.1) is 0 Å². The molecular formula is C40H40F6N12O3. The molecule has 0 aliphatic carbocycles. The molecule has 8 aromatic rings. The van der Waals surface area contributed by atoms with E-state index in [2.05, 4.69) is 45.4 Å². The zero-order valence-corrected chi connectivity index (χ0v) is 34.0. The summed E-state index contributed by atoms with van der Waals surface area (Å²) in [6.07, 6.45) is -3.44. The number of carboxylic acids is 1. The first-order valence-electron chi connectivity index (χ1n) is 18.3. The molecule has 0 fully saturated rings. The summed E-state index contributed by atoms with van der Waals surface area (Å²) in [6.45, 7) is 11.5. The molecule has 0 radical (unpaired) electrons. The lowest BCUT2D eigenvalue weighted by atomic mass is 10.1. The van der Waals surface area contributed by atoms with Gasteiger partial charge in [0, 0.05) is 48.3 Å². The molecule has 320 valence electrons. The minimum absolute atomic E-state index is 0. The largest absolute Gasteiger partial charge is 0.478 e. The fourth-order valence-electron chi connectivity index (χ4n) is 6.02. The molecule has 0 saturated carbocycles. The van der Waals surface area contributed by atoms with Crippen molar-refractivity contribution in [2.24, 2.45) is 19.8 Å². The van der Waals surface area contributed by atoms with E-state index < -0.39 is 35.0 Å². The van der Waals surface area contributed by atoms with Gasteiger partial charge < -0.3 is 26.1 Å². The average molecular weight is 851 g/mol. The molecule has 0 aliphatic heterocycles. The van der Waals surface area contributed by atoms with E-state index in [0.29, 0.717) is 33.1 Å². The molecule has 6 aromatic heterocycles. The van der Waals surface area contributed by atoms with E-state index in [1.807, 2.05) is 41.5 Å². The quantitative estimate of drug-likeness (QED) is 0.108. The van der Waals surface area contributed by atoms with Crippen LogP contribution in [0.1, 0.15) is 73.4 Å². The standard InChI is InChI=1S/C20H19F3N6O.C16H10F3N5O2.C4H11N/c1-19(2,3)27-18(30)12-8-24-17-16(12)26-13(9-25-17)15-11-7-10(20(21,22)23)5-6-14(11)29(4)28-15;1-24-11-3-2-7(16(17,18)19)4-8(11)12(23-24)10-6-21-14-13(22-10)9(5-20-14)15(25)26;1-4(2,3)5/h5-9H,1-4H3,(H,24,25)(H,27,30);2-6H,1H3,(H,20,21)(H,25,26);5H2,1-3H3. The molecule has 0 aliphatic rings. The van der Waals surface area contributed by atoms with Gasteiger partial charge in [-0.25, -0.2) is 24.7 Å². The Bertz CT molecular complexity index is 2940. The second-order valence-electron chi connectivity index (χ2n) is 16.1. The molecule has 6 heterocycles. The number of amides is 1. The van der Waals surface area contributed by atoms with Crippen LogP contribution in [0.2, 0.25) is 0 Å². The molecule has 0 unspecified atom stereocenters. The third kappa shape index (κ3) is 9.61. The molecule has 61 heavy (non-hydrogen) atoms. The van der Waals surface area contributed by atoms with Crippen LogP contribution >= 0.6 is 0 Å². The number of hydrogen-bond donors (Lipinski definition) is 5. The van der Waals surface area contributed by atoms with Crippen molar-refractivity contribution in [3.8, 4) is 22.8 Å². The highest BCUT2D eigenvalue weighted by Crippen LogP contribution is 2.36. The summed E-state index contributed by atoms with van der Waals surface area (Å²) < 4.78 is 81.6. The maximum atomic E-state index is 13.2. The van der Waals surface area contributed by atoms with E-state index >= 15 is 0 Å². The number of rotatable bonds is 4. The van der Waals surface area contributed by atoms with Gasteiger partial charge in [0.15, 0.2) is 11.3 Å². The second kappa shape index (κ2) is 15.6. The van der Waals surface area contributed by atoms with Crippen molar-refractivity contribution in [1.29, 1.82) is 0 Å². The summed E-state index contributed by atoms with van der Waals surface area (Å²) in [6, 6.07) is 6.76. The van der Waals surface area contributed by atoms with Crippen LogP contribution in [0.25, 0.3) is 66.9 Å². The first-order valence-corrected chi connectivity index (χ1v) is 18.3. The Kier molecular flexibility index (Phi) is 11.2. The van der Waals surface area contributed by atoms with Gasteiger partial charge in [0.05, 0.1) is 40.1 Å². The number of nitrogens with one attached hydrogen (secondary N) is 3. The first kappa shape index (κ1) is 43.7. The molecule has 21 heteroatoms. The monoisotopic (exact) mass is 850 g/mol. The number of nitrogens with two attached hydrogens (primary N) is 1. The number of benzene rings is 2. The number of aromatic carboxylic acids is 1. The first-order chi connectivity index (χ1) is 28.2. The highest BCUT2D eigenvalue weighted by Gasteiger charge is 2.33. The van der Waals surface area contributed by atoms with Gasteiger partial charge >= 0.3 is 18.3 Å². The fraction of sp³-hybridized carbons (Fsp3) is 0.300. The van der Waals surface area contributed by atoms with Crippen molar-refractivity contribution in [2.75, 3.05) is 0 Å². The molecular weight excluding hydrogens is 811 g/mol. The van der Waals surface area contributed by atoms with Gasteiger partial charge in [-0.15, -0.1) is 0 Å². The van der Waals surface area contributed by atoms with Gasteiger partial charge in [-0.1, -0.05) is 0 Å². The van der Waals surface area contributed by atoms with Crippen molar-refractivity contribution in [3.05, 3.63) is 83.4 Å². The lowest BCUT2D eigenvalue weighted by molar-refractivity contribution is -0.138. The van der Waals surface area contributed by atoms with Crippen LogP contribution in [0.3, 0.4) is 0 Å². The van der Waals surface area contributed by atoms with Crippen molar-refractivity contribution in [2.45, 2.75) is 65.0 Å². The van der Waals surface area contributed by atoms with E-state index in [1.54, 1.807) is 14.1 Å². The number of alkyl halides is 6. The average Bonchev–Trinajstić information content (AvgIpc) is 3.92. The van der Waals surface area contributed by atoms with Crippen molar-refractivity contribution in [3.63, 3.8) is 0 Å². The Morgan fingerprint density at radius 3 is 1.46 bits per heavy atom. The SMILES string of the molecule is CC(C)(C)N.Cn1nc(-c2cnc3[nH]cc(C(=O)NC(C)(C)C)c3n2)c2cc(C(F)(F)F)ccc21.Cn1nc(-c2cnc3[nH]cc(C(=O)O)c3n2)c2cc(C(F)(F)F)ccc21. The third-order valence-electron chi connectivity index (χ3n) is 8.57. The minimum atomic E-state index is -4.49. The van der Waals surface area contributed by atoms with E-state index in [4.69, 9.17) is 5.73 Å². The van der Waals surface area contributed by atoms with Crippen LogP contribution in [0.15, 0.2) is 61.2 Å². The Hall–Kier alpha value is -6.90. The summed E-state index contributed by atoms with van der Waals surface area (Å²) in [7, 11) is 3.24. The Balaban J connectivity index is 0.000000185. The van der Waals surface area contributed by atoms with E-state index in [-0.39, 0.29) is 56.3 Å². The number of fused-ring (bicyclic) bond motifs is 4. The van der Waals surface area contributed by atoms with Crippen LogP contribution in [-0.2, 0) is 26.4 Å². The van der Waals surface area contributed by atoms with Crippen LogP contribution in [-0.4, -0.2) is 77.5 Å². The van der Waals surface area contributed by atoms with E-state index in [9.17, 15) is 41.0 Å². The Labute approximate surface area is 342 Å². The molecule has 2 aromatic carbocycles. The highest BCUT2D eigenvalue weighted by molar-refractivity contribution is 6.05. The Morgan fingerprint density at radius 2 is 1.08 bits per heavy atom. The normalized spacial score (nSPS) is 12.4. The maximum Gasteiger partial charge on any atom is 0.416 e. The number of nitrogens with zero attached hydrogens (tertiary/aromatic N) is 8. The molecule has 0 saturated heterocycles. The fourth-order valence-corrected chi connectivity index (χ4v) is 6.02. The van der Waals surface area contributed by atoms with Crippen LogP contribution < -0.4 is 11.1 Å². The summed E-state index contributed by atoms with van der Waals surface area (Å²) >= 11 is 0. The van der Waals surface area contributed by atoms with Gasteiger partial charge in [0.25, 0.3) is 5.91 Å². The van der Waals surface area contributed by atoms with Crippen LogP contribution in [0.4, 0.5) is 26.3 Å². The second-order valence-corrected chi connectivity index (χ2v) is 16.1. The van der Waals surface area contributed by atoms with Gasteiger partial charge in [-0.3, -0.25) is 14.2 Å². The minimum Gasteiger partial charge on any atom is -0.478 e. The lowest BCUT2D eigenvalue weighted by Gasteiger charge is -2.19. The number of carbonyl (C=O) groups is 2. The summed E-state index contributed by atoms with van der Waals surface area (Å²) in [4.78, 5) is 46.6. The predicted octanol–water partition coefficient (Wildman–Crippen LogP) is 8.03. The number of halogens is 6. The van der Waals surface area contributed by atoms with Gasteiger partial charge in [-0.05, 0) is 77.9 Å². The molecule has 8 rings (SSSR count). The molecule has 15 nitrogen and oxygen atoms in total. The predicted molar refractivity (Wildman–Crippen MR) is 215 cm³/mol. The smallest absolute Gasteiger partial charge is 0.416 e. The summed E-state index contributed by atoms with van der Waals surface area (Å²) in [5.41, 5.74) is 6.57. The molecule has 0 atom stereocenters. The Morgan fingerprint density at radius 1 is 0.689 bits per heavy atom. The number of aromatic nitrogens is 10. The highest BCUT2D eigenvalue weighted by atomic mass is 19.4. The molecule has 6 N–H and O–H groups in total. The maximum absolute atomic E-state index is 13.2. The number of H-pyrrole nitrogens is 2. The molecule has 0 spiro atoms. The topological polar surface area (TPSA) is 211 Å². The third-order valence-corrected chi connectivity index (χ3v) is 8.57. The van der Waals surface area contributed by atoms with Gasteiger partial charge in [0.1, 0.15) is 39.4 Å². The number of aryl methyl sites for hydroxylation is 2. The number of carbonyl (C=O) groups excluding carboxylic acids is 1. The van der Waals surface area contributed by atoms with Crippen LogP contribution in [0.5, 0.6) is 0 Å². The van der Waals surface area contributed by atoms with Crippen molar-refractivity contribution >= 4 is 56.0 Å². The van der Waals surface area contributed by atoms with E-state index in [0.717, 1.165) is 24.3 Å².